The topological polar surface area (TPSA) is 107 Å². The van der Waals surface area contributed by atoms with E-state index in [4.69, 9.17) is 20.0 Å². The van der Waals surface area contributed by atoms with Gasteiger partial charge in [0, 0.05) is 43.7 Å². The van der Waals surface area contributed by atoms with Gasteiger partial charge in [-0.25, -0.2) is 4.79 Å². The van der Waals surface area contributed by atoms with Crippen LogP contribution in [0.4, 0.5) is 4.79 Å². The van der Waals surface area contributed by atoms with Gasteiger partial charge in [-0.2, -0.15) is 9.78 Å². The highest BCUT2D eigenvalue weighted by Crippen LogP contribution is 2.39. The van der Waals surface area contributed by atoms with Crippen molar-refractivity contribution in [3.63, 3.8) is 0 Å². The van der Waals surface area contributed by atoms with Crippen LogP contribution in [0.25, 0.3) is 0 Å². The van der Waals surface area contributed by atoms with Crippen molar-refractivity contribution in [1.29, 1.82) is 0 Å². The Morgan fingerprint density at radius 3 is 2.49 bits per heavy atom. The lowest BCUT2D eigenvalue weighted by Crippen LogP contribution is -2.59. The predicted molar refractivity (Wildman–Crippen MR) is 129 cm³/mol. The van der Waals surface area contributed by atoms with Gasteiger partial charge < -0.3 is 24.7 Å². The first kappa shape index (κ1) is 23.2. The number of likely N-dealkylation sites (tertiary alicyclic amines) is 2. The van der Waals surface area contributed by atoms with Crippen LogP contribution in [0.3, 0.4) is 0 Å². The minimum absolute atomic E-state index is 0.00849. The van der Waals surface area contributed by atoms with Crippen molar-refractivity contribution in [3.05, 3.63) is 70.8 Å². The van der Waals surface area contributed by atoms with E-state index >= 15 is 0 Å². The molecule has 2 saturated heterocycles. The number of amides is 2. The number of carbonyl (C=O) groups is 2. The summed E-state index contributed by atoms with van der Waals surface area (Å²) in [6, 6.07) is 9.55. The summed E-state index contributed by atoms with van der Waals surface area (Å²) >= 11 is 0. The highest BCUT2D eigenvalue weighted by atomic mass is 16.5. The normalized spacial score (nSPS) is 19.6. The van der Waals surface area contributed by atoms with Crippen molar-refractivity contribution in [1.82, 2.24) is 19.6 Å². The average molecular weight is 478 g/mol. The maximum atomic E-state index is 13.2. The first-order chi connectivity index (χ1) is 17.0. The maximum Gasteiger partial charge on any atom is 0.320 e. The molecule has 3 aromatic rings. The number of rotatable bonds is 6. The lowest BCUT2D eigenvalue weighted by atomic mass is 9.85. The summed E-state index contributed by atoms with van der Waals surface area (Å²) in [5, 5.41) is 4.70. The SMILES string of the molecule is Cc1c(C2CN(C(=O)N3CCCC3)C2C)nn(C(=O)c2ccoc2)c1OCc1ccc(CN)cc1. The molecule has 0 radical (unpaired) electrons. The van der Waals surface area contributed by atoms with Crippen LogP contribution < -0.4 is 10.5 Å². The lowest BCUT2D eigenvalue weighted by Gasteiger charge is -2.47. The van der Waals surface area contributed by atoms with Crippen LogP contribution in [0, 0.1) is 6.92 Å². The molecule has 0 bridgehead atoms. The fraction of sp³-hybridized carbons (Fsp3) is 0.423. The molecule has 2 atom stereocenters. The third-order valence-electron chi connectivity index (χ3n) is 7.14. The van der Waals surface area contributed by atoms with Gasteiger partial charge in [0.15, 0.2) is 0 Å². The highest BCUT2D eigenvalue weighted by Gasteiger charge is 2.44. The Labute approximate surface area is 204 Å². The van der Waals surface area contributed by atoms with Gasteiger partial charge in [0.05, 0.1) is 17.5 Å². The van der Waals surface area contributed by atoms with Crippen LogP contribution in [-0.2, 0) is 13.2 Å². The van der Waals surface area contributed by atoms with Gasteiger partial charge in [-0.1, -0.05) is 24.3 Å². The van der Waals surface area contributed by atoms with Crippen molar-refractivity contribution >= 4 is 11.9 Å². The molecular formula is C26H31N5O4. The molecule has 2 aliphatic heterocycles. The molecule has 4 heterocycles. The van der Waals surface area contributed by atoms with Crippen molar-refractivity contribution in [2.45, 2.75) is 51.8 Å². The minimum Gasteiger partial charge on any atom is -0.472 e. The van der Waals surface area contributed by atoms with Crippen LogP contribution in [-0.4, -0.2) is 57.2 Å². The second kappa shape index (κ2) is 9.58. The van der Waals surface area contributed by atoms with Crippen LogP contribution in [0.2, 0.25) is 0 Å². The Kier molecular flexibility index (Phi) is 6.34. The molecule has 9 nitrogen and oxygen atoms in total. The molecule has 2 amide bonds. The first-order valence-corrected chi connectivity index (χ1v) is 12.1. The summed E-state index contributed by atoms with van der Waals surface area (Å²) in [4.78, 5) is 29.9. The van der Waals surface area contributed by atoms with Crippen molar-refractivity contribution in [2.75, 3.05) is 19.6 Å². The summed E-state index contributed by atoms with van der Waals surface area (Å²) in [6.07, 6.45) is 4.98. The number of ether oxygens (including phenoxy) is 1. The standard InChI is InChI=1S/C26H31N5O4/c1-17-23(22-14-30(18(22)2)26(33)29-10-3-4-11-29)28-31(24(32)21-9-12-34-16-21)25(17)35-15-20-7-5-19(13-27)6-8-20/h5-9,12,16,18,22H,3-4,10-11,13-15,27H2,1-2H3. The van der Waals surface area contributed by atoms with Crippen LogP contribution in [0.15, 0.2) is 47.3 Å². The minimum atomic E-state index is -0.321. The summed E-state index contributed by atoms with van der Waals surface area (Å²) in [5.74, 6) is 0.121. The number of aromatic nitrogens is 2. The van der Waals surface area contributed by atoms with E-state index in [2.05, 4.69) is 0 Å². The van der Waals surface area contributed by atoms with E-state index in [0.717, 1.165) is 48.3 Å². The number of urea groups is 1. The van der Waals surface area contributed by atoms with Crippen LogP contribution >= 0.6 is 0 Å². The number of nitrogens with zero attached hydrogens (tertiary/aromatic N) is 4. The van der Waals surface area contributed by atoms with E-state index in [1.165, 1.54) is 17.2 Å². The molecule has 2 aliphatic rings. The molecule has 9 heteroatoms. The molecule has 0 aliphatic carbocycles. The van der Waals surface area contributed by atoms with Gasteiger partial charge in [-0.15, -0.1) is 0 Å². The molecule has 2 N–H and O–H groups in total. The average Bonchev–Trinajstić information content (AvgIpc) is 3.64. The zero-order chi connectivity index (χ0) is 24.5. The van der Waals surface area contributed by atoms with Crippen molar-refractivity contribution in [2.24, 2.45) is 5.73 Å². The van der Waals surface area contributed by atoms with E-state index in [1.807, 2.05) is 47.9 Å². The lowest BCUT2D eigenvalue weighted by molar-refractivity contribution is 0.0757. The van der Waals surface area contributed by atoms with Gasteiger partial charge in [0.2, 0.25) is 5.88 Å². The number of hydrogen-bond acceptors (Lipinski definition) is 6. The second-order valence-electron chi connectivity index (χ2n) is 9.33. The molecule has 2 fully saturated rings. The zero-order valence-corrected chi connectivity index (χ0v) is 20.1. The highest BCUT2D eigenvalue weighted by molar-refractivity contribution is 5.96. The van der Waals surface area contributed by atoms with E-state index in [1.54, 1.807) is 6.07 Å². The number of furan rings is 1. The monoisotopic (exact) mass is 477 g/mol. The van der Waals surface area contributed by atoms with Crippen LogP contribution in [0.1, 0.15) is 58.4 Å². The van der Waals surface area contributed by atoms with Gasteiger partial charge >= 0.3 is 6.03 Å². The molecule has 0 spiro atoms. The Morgan fingerprint density at radius 1 is 1.14 bits per heavy atom. The van der Waals surface area contributed by atoms with Gasteiger partial charge in [0.25, 0.3) is 5.91 Å². The Bertz CT molecular complexity index is 1200. The molecule has 5 rings (SSSR count). The van der Waals surface area contributed by atoms with Crippen LogP contribution in [0.5, 0.6) is 5.88 Å². The van der Waals surface area contributed by atoms with Gasteiger partial charge in [0.1, 0.15) is 12.9 Å². The molecule has 35 heavy (non-hydrogen) atoms. The zero-order valence-electron chi connectivity index (χ0n) is 20.1. The predicted octanol–water partition coefficient (Wildman–Crippen LogP) is 3.51. The molecule has 184 valence electrons. The maximum absolute atomic E-state index is 13.2. The fourth-order valence-corrected chi connectivity index (χ4v) is 4.85. The number of carbonyl (C=O) groups excluding carboxylic acids is 2. The molecule has 1 aromatic carbocycles. The first-order valence-electron chi connectivity index (χ1n) is 12.1. The summed E-state index contributed by atoms with van der Waals surface area (Å²) in [7, 11) is 0. The Balaban J connectivity index is 1.39. The number of hydrogen-bond donors (Lipinski definition) is 1. The number of benzene rings is 1. The third-order valence-corrected chi connectivity index (χ3v) is 7.14. The van der Waals surface area contributed by atoms with E-state index in [9.17, 15) is 9.59 Å². The van der Waals surface area contributed by atoms with Crippen molar-refractivity contribution in [3.8, 4) is 5.88 Å². The van der Waals surface area contributed by atoms with E-state index in [0.29, 0.717) is 24.5 Å². The molecule has 2 aromatic heterocycles. The van der Waals surface area contributed by atoms with E-state index in [-0.39, 0.29) is 30.5 Å². The Morgan fingerprint density at radius 2 is 1.86 bits per heavy atom. The molecule has 0 saturated carbocycles. The second-order valence-corrected chi connectivity index (χ2v) is 9.33. The Hall–Kier alpha value is -3.59. The third kappa shape index (κ3) is 4.32. The summed E-state index contributed by atoms with van der Waals surface area (Å²) < 4.78 is 12.6. The van der Waals surface area contributed by atoms with Gasteiger partial charge in [-0.05, 0) is 43.9 Å². The summed E-state index contributed by atoms with van der Waals surface area (Å²) in [6.45, 7) is 6.95. The largest absolute Gasteiger partial charge is 0.472 e. The quantitative estimate of drug-likeness (QED) is 0.582. The number of nitrogens with two attached hydrogens (primary N) is 1. The fourth-order valence-electron chi connectivity index (χ4n) is 4.85. The molecule has 2 unspecified atom stereocenters. The molecular weight excluding hydrogens is 446 g/mol. The van der Waals surface area contributed by atoms with Crippen molar-refractivity contribution < 1.29 is 18.7 Å². The summed E-state index contributed by atoms with van der Waals surface area (Å²) in [5.41, 5.74) is 9.69. The van der Waals surface area contributed by atoms with Gasteiger partial charge in [-0.3, -0.25) is 4.79 Å². The smallest absolute Gasteiger partial charge is 0.320 e. The van der Waals surface area contributed by atoms with E-state index < -0.39 is 0 Å².